The molecule has 0 saturated carbocycles. The van der Waals surface area contributed by atoms with Gasteiger partial charge in [0.15, 0.2) is 0 Å². The van der Waals surface area contributed by atoms with Gasteiger partial charge in [-0.2, -0.15) is 0 Å². The van der Waals surface area contributed by atoms with Gasteiger partial charge in [-0.05, 0) is 36.8 Å². The smallest absolute Gasteiger partial charge is 0.261 e. The molecule has 1 amide bonds. The van der Waals surface area contributed by atoms with E-state index in [1.807, 2.05) is 37.3 Å². The number of hydrogen-bond acceptors (Lipinski definition) is 4. The molecule has 1 N–H and O–H groups in total. The quantitative estimate of drug-likeness (QED) is 0.775. The van der Waals surface area contributed by atoms with E-state index >= 15 is 0 Å². The molecule has 1 aromatic heterocycles. The van der Waals surface area contributed by atoms with Crippen LogP contribution < -0.4 is 15.6 Å². The third kappa shape index (κ3) is 3.68. The van der Waals surface area contributed by atoms with Crippen LogP contribution in [-0.2, 0) is 11.3 Å². The summed E-state index contributed by atoms with van der Waals surface area (Å²) in [6, 6.07) is 14.4. The highest BCUT2D eigenvalue weighted by atomic mass is 16.5. The van der Waals surface area contributed by atoms with Crippen LogP contribution in [0, 0.1) is 0 Å². The van der Waals surface area contributed by atoms with Crippen LogP contribution >= 0.6 is 0 Å². The Bertz CT molecular complexity index is 948. The van der Waals surface area contributed by atoms with Crippen molar-refractivity contribution in [3.8, 4) is 5.75 Å². The van der Waals surface area contributed by atoms with Gasteiger partial charge < -0.3 is 10.1 Å². The lowest BCUT2D eigenvalue weighted by atomic mass is 10.1. The van der Waals surface area contributed by atoms with E-state index in [0.717, 1.165) is 11.3 Å². The predicted octanol–water partition coefficient (Wildman–Crippen LogP) is 2.28. The van der Waals surface area contributed by atoms with Crippen molar-refractivity contribution in [2.75, 3.05) is 7.11 Å². The summed E-state index contributed by atoms with van der Waals surface area (Å²) in [5.41, 5.74) is 1.35. The van der Waals surface area contributed by atoms with E-state index in [1.54, 1.807) is 25.3 Å². The number of para-hydroxylation sites is 1. The zero-order valence-electron chi connectivity index (χ0n) is 14.1. The van der Waals surface area contributed by atoms with Gasteiger partial charge in [0.25, 0.3) is 5.56 Å². The number of benzene rings is 2. The van der Waals surface area contributed by atoms with Crippen molar-refractivity contribution in [1.29, 1.82) is 0 Å². The van der Waals surface area contributed by atoms with Gasteiger partial charge >= 0.3 is 0 Å². The fraction of sp³-hybridized carbons (Fsp3) is 0.211. The summed E-state index contributed by atoms with van der Waals surface area (Å²) in [6.45, 7) is 1.82. The minimum atomic E-state index is -0.248. The van der Waals surface area contributed by atoms with E-state index in [2.05, 4.69) is 10.3 Å². The summed E-state index contributed by atoms with van der Waals surface area (Å²) in [4.78, 5) is 28.9. The Morgan fingerprint density at radius 1 is 1.20 bits per heavy atom. The largest absolute Gasteiger partial charge is 0.497 e. The van der Waals surface area contributed by atoms with Crippen LogP contribution in [0.3, 0.4) is 0 Å². The van der Waals surface area contributed by atoms with Gasteiger partial charge in [-0.25, -0.2) is 4.98 Å². The lowest BCUT2D eigenvalue weighted by molar-refractivity contribution is -0.122. The van der Waals surface area contributed by atoms with Gasteiger partial charge in [-0.15, -0.1) is 0 Å². The summed E-state index contributed by atoms with van der Waals surface area (Å²) in [6.07, 6.45) is 1.41. The molecular formula is C19H19N3O3. The molecule has 3 rings (SSSR count). The van der Waals surface area contributed by atoms with Gasteiger partial charge in [0.2, 0.25) is 5.91 Å². The average molecular weight is 337 g/mol. The number of nitrogens with zero attached hydrogens (tertiary/aromatic N) is 2. The first-order valence-corrected chi connectivity index (χ1v) is 7.96. The minimum absolute atomic E-state index is 0.0723. The molecule has 0 fully saturated rings. The number of amides is 1. The van der Waals surface area contributed by atoms with Crippen molar-refractivity contribution in [3.05, 3.63) is 70.8 Å². The molecule has 6 nitrogen and oxygen atoms in total. The van der Waals surface area contributed by atoms with Crippen LogP contribution in [0.4, 0.5) is 0 Å². The standard InChI is InChI=1S/C19H19N3O3/c1-13(14-7-9-15(25-2)10-8-14)21-18(23)11-22-12-20-17-6-4-3-5-16(17)19(22)24/h3-10,12-13H,11H2,1-2H3,(H,21,23). The van der Waals surface area contributed by atoms with E-state index in [1.165, 1.54) is 10.9 Å². The van der Waals surface area contributed by atoms with Crippen LogP contribution in [0.25, 0.3) is 10.9 Å². The lowest BCUT2D eigenvalue weighted by Crippen LogP contribution is -2.33. The molecule has 128 valence electrons. The molecule has 3 aromatic rings. The van der Waals surface area contributed by atoms with Crippen LogP contribution in [0.1, 0.15) is 18.5 Å². The molecule has 0 saturated heterocycles. The normalized spacial score (nSPS) is 11.9. The number of hydrogen-bond donors (Lipinski definition) is 1. The van der Waals surface area contributed by atoms with Crippen LogP contribution in [0.2, 0.25) is 0 Å². The van der Waals surface area contributed by atoms with Crippen molar-refractivity contribution in [1.82, 2.24) is 14.9 Å². The third-order valence-corrected chi connectivity index (χ3v) is 4.04. The highest BCUT2D eigenvalue weighted by molar-refractivity contribution is 5.79. The molecule has 1 unspecified atom stereocenters. The average Bonchev–Trinajstić information content (AvgIpc) is 2.64. The maximum Gasteiger partial charge on any atom is 0.261 e. The Hall–Kier alpha value is -3.15. The maximum atomic E-state index is 12.4. The Morgan fingerprint density at radius 3 is 2.64 bits per heavy atom. The molecule has 0 radical (unpaired) electrons. The summed E-state index contributed by atoms with van der Waals surface area (Å²) >= 11 is 0. The Morgan fingerprint density at radius 2 is 1.92 bits per heavy atom. The molecule has 1 heterocycles. The number of carbonyl (C=O) groups excluding carboxylic acids is 1. The van der Waals surface area contributed by atoms with Gasteiger partial charge in [-0.3, -0.25) is 14.2 Å². The van der Waals surface area contributed by atoms with Gasteiger partial charge in [0, 0.05) is 0 Å². The number of fused-ring (bicyclic) bond motifs is 1. The third-order valence-electron chi connectivity index (χ3n) is 4.04. The van der Waals surface area contributed by atoms with E-state index in [0.29, 0.717) is 10.9 Å². The van der Waals surface area contributed by atoms with Crippen molar-refractivity contribution < 1.29 is 9.53 Å². The monoisotopic (exact) mass is 337 g/mol. The Kier molecular flexibility index (Phi) is 4.79. The molecule has 2 aromatic carbocycles. The van der Waals surface area contributed by atoms with Crippen molar-refractivity contribution >= 4 is 16.8 Å². The summed E-state index contributed by atoms with van der Waals surface area (Å²) in [5.74, 6) is 0.513. The fourth-order valence-corrected chi connectivity index (χ4v) is 2.64. The summed E-state index contributed by atoms with van der Waals surface area (Å²) in [7, 11) is 1.61. The van der Waals surface area contributed by atoms with E-state index in [4.69, 9.17) is 4.74 Å². The first-order chi connectivity index (χ1) is 12.1. The number of aromatic nitrogens is 2. The predicted molar refractivity (Wildman–Crippen MR) is 95.6 cm³/mol. The first kappa shape index (κ1) is 16.7. The first-order valence-electron chi connectivity index (χ1n) is 7.96. The van der Waals surface area contributed by atoms with Crippen LogP contribution in [-0.4, -0.2) is 22.6 Å². The number of ether oxygens (including phenoxy) is 1. The molecule has 1 atom stereocenters. The number of nitrogens with one attached hydrogen (secondary N) is 1. The number of rotatable bonds is 5. The molecule has 0 aliphatic carbocycles. The zero-order valence-corrected chi connectivity index (χ0v) is 14.1. The number of carbonyl (C=O) groups is 1. The van der Waals surface area contributed by atoms with Gasteiger partial charge in [-0.1, -0.05) is 24.3 Å². The highest BCUT2D eigenvalue weighted by Gasteiger charge is 2.12. The molecule has 0 aliphatic heterocycles. The highest BCUT2D eigenvalue weighted by Crippen LogP contribution is 2.17. The SMILES string of the molecule is COc1ccc(C(C)NC(=O)Cn2cnc3ccccc3c2=O)cc1. The Balaban J connectivity index is 1.71. The van der Waals surface area contributed by atoms with E-state index in [9.17, 15) is 9.59 Å². The minimum Gasteiger partial charge on any atom is -0.497 e. The summed E-state index contributed by atoms with van der Waals surface area (Å²) in [5, 5.41) is 3.39. The van der Waals surface area contributed by atoms with Crippen LogP contribution in [0.15, 0.2) is 59.7 Å². The van der Waals surface area contributed by atoms with Gasteiger partial charge in [0.1, 0.15) is 12.3 Å². The Labute approximate surface area is 145 Å². The van der Waals surface area contributed by atoms with Crippen molar-refractivity contribution in [3.63, 3.8) is 0 Å². The second-order valence-electron chi connectivity index (χ2n) is 5.76. The van der Waals surface area contributed by atoms with Gasteiger partial charge in [0.05, 0.1) is 30.4 Å². The molecule has 0 spiro atoms. The zero-order chi connectivity index (χ0) is 17.8. The molecule has 0 aliphatic rings. The molecule has 6 heteroatoms. The van der Waals surface area contributed by atoms with Crippen molar-refractivity contribution in [2.24, 2.45) is 0 Å². The van der Waals surface area contributed by atoms with E-state index < -0.39 is 0 Å². The fourth-order valence-electron chi connectivity index (χ4n) is 2.64. The topological polar surface area (TPSA) is 73.2 Å². The molecule has 0 bridgehead atoms. The molecular weight excluding hydrogens is 318 g/mol. The van der Waals surface area contributed by atoms with Crippen molar-refractivity contribution in [2.45, 2.75) is 19.5 Å². The second-order valence-corrected chi connectivity index (χ2v) is 5.76. The maximum absolute atomic E-state index is 12.4. The second kappa shape index (κ2) is 7.17. The lowest BCUT2D eigenvalue weighted by Gasteiger charge is -2.15. The summed E-state index contributed by atoms with van der Waals surface area (Å²) < 4.78 is 6.44. The van der Waals surface area contributed by atoms with Crippen LogP contribution in [0.5, 0.6) is 5.75 Å². The number of methoxy groups -OCH3 is 1. The molecule has 25 heavy (non-hydrogen) atoms. The van der Waals surface area contributed by atoms with E-state index in [-0.39, 0.29) is 24.1 Å².